The molecule has 0 saturated heterocycles. The molecule has 7 heteroatoms. The van der Waals surface area contributed by atoms with E-state index in [9.17, 15) is 4.79 Å². The molecule has 0 saturated carbocycles. The summed E-state index contributed by atoms with van der Waals surface area (Å²) in [4.78, 5) is 20.8. The van der Waals surface area contributed by atoms with Gasteiger partial charge in [0.15, 0.2) is 5.16 Å². The highest BCUT2D eigenvalue weighted by molar-refractivity contribution is 7.99. The fourth-order valence-corrected chi connectivity index (χ4v) is 2.39. The molecule has 108 valence electrons. The first-order chi connectivity index (χ1) is 10.3. The van der Waals surface area contributed by atoms with Crippen molar-refractivity contribution in [1.82, 2.24) is 15.4 Å². The van der Waals surface area contributed by atoms with Crippen molar-refractivity contribution in [2.45, 2.75) is 10.1 Å². The smallest absolute Gasteiger partial charge is 0.250 e. The van der Waals surface area contributed by atoms with Crippen molar-refractivity contribution in [2.24, 2.45) is 5.10 Å². The van der Waals surface area contributed by atoms with E-state index in [0.717, 1.165) is 5.56 Å². The zero-order valence-corrected chi connectivity index (χ0v) is 13.0. The Bertz CT molecular complexity index is 602. The van der Waals surface area contributed by atoms with E-state index >= 15 is 0 Å². The number of hydrazone groups is 1. The molecular formula is C14H14N4OS2. The molecule has 1 amide bonds. The van der Waals surface area contributed by atoms with E-state index < -0.39 is 0 Å². The molecule has 5 nitrogen and oxygen atoms in total. The number of benzene rings is 1. The van der Waals surface area contributed by atoms with Crippen molar-refractivity contribution in [3.63, 3.8) is 0 Å². The summed E-state index contributed by atoms with van der Waals surface area (Å²) in [5, 5.41) is 4.50. The summed E-state index contributed by atoms with van der Waals surface area (Å²) in [5.74, 6) is 0.0386. The molecule has 2 aromatic rings. The number of nitrogens with zero attached hydrogens (tertiary/aromatic N) is 3. The van der Waals surface area contributed by atoms with Crippen LogP contribution in [0.2, 0.25) is 0 Å². The lowest BCUT2D eigenvalue weighted by Gasteiger charge is -1.99. The Morgan fingerprint density at radius 3 is 2.67 bits per heavy atom. The van der Waals surface area contributed by atoms with Crippen LogP contribution in [-0.2, 0) is 4.79 Å². The number of nitrogens with one attached hydrogen (secondary N) is 1. The monoisotopic (exact) mass is 318 g/mol. The maximum absolute atomic E-state index is 11.6. The van der Waals surface area contributed by atoms with Crippen LogP contribution in [-0.4, -0.2) is 34.1 Å². The van der Waals surface area contributed by atoms with E-state index in [-0.39, 0.29) is 11.7 Å². The topological polar surface area (TPSA) is 67.2 Å². The Morgan fingerprint density at radius 1 is 1.29 bits per heavy atom. The molecule has 0 aliphatic rings. The van der Waals surface area contributed by atoms with Gasteiger partial charge in [-0.15, -0.1) is 11.8 Å². The standard InChI is InChI=1S/C14H14N4OS2/c1-20-12-5-3-11(4-6-12)9-17-18-13(19)10-21-14-15-7-2-8-16-14/h2-9H,10H2,1H3,(H,18,19)/b17-9-. The van der Waals surface area contributed by atoms with Crippen LogP contribution in [0.3, 0.4) is 0 Å². The number of thioether (sulfide) groups is 2. The maximum Gasteiger partial charge on any atom is 0.250 e. The average Bonchev–Trinajstić information content (AvgIpc) is 2.54. The SMILES string of the molecule is CSc1ccc(/C=N\NC(=O)CSc2ncccn2)cc1. The first kappa shape index (κ1) is 15.5. The molecule has 0 aliphatic carbocycles. The fourth-order valence-electron chi connectivity index (χ4n) is 1.39. The molecule has 21 heavy (non-hydrogen) atoms. The van der Waals surface area contributed by atoms with Crippen LogP contribution in [0.15, 0.2) is 57.9 Å². The quantitative estimate of drug-likeness (QED) is 0.383. The predicted octanol–water partition coefficient (Wildman–Crippen LogP) is 2.44. The van der Waals surface area contributed by atoms with E-state index in [4.69, 9.17) is 0 Å². The van der Waals surface area contributed by atoms with Crippen molar-refractivity contribution >= 4 is 35.6 Å². The van der Waals surface area contributed by atoms with Crippen molar-refractivity contribution in [1.29, 1.82) is 0 Å². The Morgan fingerprint density at radius 2 is 2.00 bits per heavy atom. The molecule has 0 spiro atoms. The van der Waals surface area contributed by atoms with Crippen molar-refractivity contribution < 1.29 is 4.79 Å². The average molecular weight is 318 g/mol. The van der Waals surface area contributed by atoms with Crippen molar-refractivity contribution in [3.8, 4) is 0 Å². The van der Waals surface area contributed by atoms with Crippen LogP contribution in [0.25, 0.3) is 0 Å². The molecule has 0 fully saturated rings. The minimum atomic E-state index is -0.190. The lowest BCUT2D eigenvalue weighted by molar-refractivity contribution is -0.118. The van der Waals surface area contributed by atoms with Gasteiger partial charge in [-0.3, -0.25) is 4.79 Å². The number of aromatic nitrogens is 2. The number of carbonyl (C=O) groups is 1. The number of carbonyl (C=O) groups excluding carboxylic acids is 1. The molecule has 1 aromatic carbocycles. The fraction of sp³-hybridized carbons (Fsp3) is 0.143. The highest BCUT2D eigenvalue weighted by Gasteiger charge is 2.02. The van der Waals surface area contributed by atoms with Gasteiger partial charge in [-0.25, -0.2) is 15.4 Å². The number of rotatable bonds is 6. The Balaban J connectivity index is 1.76. The minimum absolute atomic E-state index is 0.190. The molecule has 1 N–H and O–H groups in total. The van der Waals surface area contributed by atoms with Gasteiger partial charge in [-0.2, -0.15) is 5.10 Å². The first-order valence-electron chi connectivity index (χ1n) is 6.13. The van der Waals surface area contributed by atoms with Gasteiger partial charge in [0.05, 0.1) is 12.0 Å². The first-order valence-corrected chi connectivity index (χ1v) is 8.35. The molecule has 2 rings (SSSR count). The second kappa shape index (κ2) is 8.43. The van der Waals surface area contributed by atoms with Crippen LogP contribution in [0.5, 0.6) is 0 Å². The van der Waals surface area contributed by atoms with Crippen LogP contribution in [0, 0.1) is 0 Å². The molecule has 0 bridgehead atoms. The molecule has 0 radical (unpaired) electrons. The molecule has 0 aliphatic heterocycles. The van der Waals surface area contributed by atoms with E-state index in [1.165, 1.54) is 16.7 Å². The highest BCUT2D eigenvalue weighted by atomic mass is 32.2. The second-order valence-electron chi connectivity index (χ2n) is 3.89. The van der Waals surface area contributed by atoms with Crippen LogP contribution >= 0.6 is 23.5 Å². The van der Waals surface area contributed by atoms with Crippen LogP contribution in [0.4, 0.5) is 0 Å². The normalized spacial score (nSPS) is 10.7. The number of hydrogen-bond donors (Lipinski definition) is 1. The maximum atomic E-state index is 11.6. The van der Waals surface area contributed by atoms with Crippen LogP contribution in [0.1, 0.15) is 5.56 Å². The van der Waals surface area contributed by atoms with E-state index in [0.29, 0.717) is 5.16 Å². The summed E-state index contributed by atoms with van der Waals surface area (Å²) in [6.07, 6.45) is 6.93. The molecular weight excluding hydrogens is 304 g/mol. The van der Waals surface area contributed by atoms with E-state index in [1.807, 2.05) is 30.5 Å². The summed E-state index contributed by atoms with van der Waals surface area (Å²) in [5.41, 5.74) is 3.42. The molecule has 0 unspecified atom stereocenters. The van der Waals surface area contributed by atoms with Gasteiger partial charge in [-0.1, -0.05) is 23.9 Å². The van der Waals surface area contributed by atoms with E-state index in [2.05, 4.69) is 20.5 Å². The summed E-state index contributed by atoms with van der Waals surface area (Å²) < 4.78 is 0. The van der Waals surface area contributed by atoms with Crippen molar-refractivity contribution in [3.05, 3.63) is 48.3 Å². The van der Waals surface area contributed by atoms with Gasteiger partial charge < -0.3 is 0 Å². The van der Waals surface area contributed by atoms with Gasteiger partial charge in [0.1, 0.15) is 0 Å². The number of hydrogen-bond acceptors (Lipinski definition) is 6. The summed E-state index contributed by atoms with van der Waals surface area (Å²) in [7, 11) is 0. The largest absolute Gasteiger partial charge is 0.272 e. The van der Waals surface area contributed by atoms with Crippen molar-refractivity contribution in [2.75, 3.05) is 12.0 Å². The summed E-state index contributed by atoms with van der Waals surface area (Å²) >= 11 is 2.95. The second-order valence-corrected chi connectivity index (χ2v) is 5.71. The molecule has 0 atom stereocenters. The lowest BCUT2D eigenvalue weighted by atomic mass is 10.2. The van der Waals surface area contributed by atoms with Gasteiger partial charge >= 0.3 is 0 Å². The van der Waals surface area contributed by atoms with E-state index in [1.54, 1.807) is 36.4 Å². The number of amides is 1. The summed E-state index contributed by atoms with van der Waals surface area (Å²) in [6, 6.07) is 9.66. The zero-order valence-electron chi connectivity index (χ0n) is 11.4. The Kier molecular flexibility index (Phi) is 6.23. The van der Waals surface area contributed by atoms with Crippen LogP contribution < -0.4 is 5.43 Å². The van der Waals surface area contributed by atoms with Gasteiger partial charge in [0, 0.05) is 17.3 Å². The zero-order chi connectivity index (χ0) is 14.9. The highest BCUT2D eigenvalue weighted by Crippen LogP contribution is 2.14. The van der Waals surface area contributed by atoms with Gasteiger partial charge in [0.2, 0.25) is 0 Å². The Hall–Kier alpha value is -1.86. The summed E-state index contributed by atoms with van der Waals surface area (Å²) in [6.45, 7) is 0. The third-order valence-corrected chi connectivity index (χ3v) is 4.01. The third kappa shape index (κ3) is 5.57. The van der Waals surface area contributed by atoms with Gasteiger partial charge in [0.25, 0.3) is 5.91 Å². The van der Waals surface area contributed by atoms with Gasteiger partial charge in [-0.05, 0) is 30.0 Å². The third-order valence-electron chi connectivity index (χ3n) is 2.39. The molecule has 1 heterocycles. The minimum Gasteiger partial charge on any atom is -0.272 e. The Labute approximate surface area is 131 Å². The lowest BCUT2D eigenvalue weighted by Crippen LogP contribution is -2.19. The molecule has 1 aromatic heterocycles. The predicted molar refractivity (Wildman–Crippen MR) is 86.7 cm³/mol.